The first kappa shape index (κ1) is 20.3. The number of fused-ring (bicyclic) bond motifs is 3. The maximum Gasteiger partial charge on any atom is 0.257 e. The molecule has 0 aromatic heterocycles. The number of hydrogen-bond acceptors (Lipinski definition) is 3. The molecular formula is C26H33N3O3. The first-order chi connectivity index (χ1) is 15.4. The SMILES string of the molecule is CC12CCC(=O)N1c1ccccc1C(=O)N2CCCC(=O)NC1C2CC3CC(C2)CC1C3. The molecular weight excluding hydrogens is 402 g/mol. The summed E-state index contributed by atoms with van der Waals surface area (Å²) < 4.78 is 0. The highest BCUT2D eigenvalue weighted by Crippen LogP contribution is 2.53. The Morgan fingerprint density at radius 3 is 2.47 bits per heavy atom. The number of nitrogens with zero attached hydrogens (tertiary/aromatic N) is 2. The highest BCUT2D eigenvalue weighted by atomic mass is 16.2. The molecule has 4 aliphatic carbocycles. The van der Waals surface area contributed by atoms with Gasteiger partial charge in [-0.1, -0.05) is 12.1 Å². The Morgan fingerprint density at radius 1 is 1.06 bits per heavy atom. The third kappa shape index (κ3) is 3.01. The van der Waals surface area contributed by atoms with E-state index in [1.54, 1.807) is 11.0 Å². The molecule has 7 rings (SSSR count). The summed E-state index contributed by atoms with van der Waals surface area (Å²) in [6, 6.07) is 7.75. The second kappa shape index (κ2) is 7.32. The number of carbonyl (C=O) groups is 3. The zero-order valence-corrected chi connectivity index (χ0v) is 18.9. The van der Waals surface area contributed by atoms with E-state index >= 15 is 0 Å². The monoisotopic (exact) mass is 435 g/mol. The molecule has 170 valence electrons. The summed E-state index contributed by atoms with van der Waals surface area (Å²) in [5.74, 6) is 3.30. The van der Waals surface area contributed by atoms with E-state index in [9.17, 15) is 14.4 Å². The van der Waals surface area contributed by atoms with E-state index < -0.39 is 5.66 Å². The topological polar surface area (TPSA) is 69.7 Å². The van der Waals surface area contributed by atoms with E-state index in [2.05, 4.69) is 5.32 Å². The highest BCUT2D eigenvalue weighted by Gasteiger charge is 2.53. The predicted octanol–water partition coefficient (Wildman–Crippen LogP) is 3.71. The van der Waals surface area contributed by atoms with E-state index in [4.69, 9.17) is 0 Å². The molecule has 2 heterocycles. The van der Waals surface area contributed by atoms with Gasteiger partial charge in [0, 0.05) is 25.4 Å². The lowest BCUT2D eigenvalue weighted by Gasteiger charge is -2.54. The molecule has 32 heavy (non-hydrogen) atoms. The Morgan fingerprint density at radius 2 is 1.75 bits per heavy atom. The van der Waals surface area contributed by atoms with E-state index in [0.717, 1.165) is 17.5 Å². The molecule has 2 aliphatic heterocycles. The van der Waals surface area contributed by atoms with Crippen molar-refractivity contribution in [2.24, 2.45) is 23.7 Å². The average molecular weight is 436 g/mol. The second-order valence-electron chi connectivity index (χ2n) is 11.0. The van der Waals surface area contributed by atoms with Gasteiger partial charge in [-0.2, -0.15) is 0 Å². The van der Waals surface area contributed by atoms with E-state index in [-0.39, 0.29) is 17.7 Å². The minimum Gasteiger partial charge on any atom is -0.353 e. The zero-order valence-electron chi connectivity index (χ0n) is 18.9. The summed E-state index contributed by atoms with van der Waals surface area (Å²) in [4.78, 5) is 42.5. The van der Waals surface area contributed by atoms with Crippen molar-refractivity contribution in [3.63, 3.8) is 0 Å². The molecule has 0 radical (unpaired) electrons. The summed E-state index contributed by atoms with van der Waals surface area (Å²) >= 11 is 0. The Bertz CT molecular complexity index is 947. The fourth-order valence-corrected chi connectivity index (χ4v) is 7.86. The number of hydrogen-bond donors (Lipinski definition) is 1. The number of anilines is 1. The highest BCUT2D eigenvalue weighted by molar-refractivity contribution is 6.10. The molecule has 4 saturated carbocycles. The lowest BCUT2D eigenvalue weighted by molar-refractivity contribution is -0.125. The lowest BCUT2D eigenvalue weighted by Crippen LogP contribution is -2.62. The molecule has 1 unspecified atom stereocenters. The fraction of sp³-hybridized carbons (Fsp3) is 0.654. The van der Waals surface area contributed by atoms with Crippen LogP contribution in [-0.4, -0.2) is 40.9 Å². The van der Waals surface area contributed by atoms with Gasteiger partial charge in [0.2, 0.25) is 11.8 Å². The minimum atomic E-state index is -0.638. The third-order valence-electron chi connectivity index (χ3n) is 9.09. The van der Waals surface area contributed by atoms with Gasteiger partial charge in [0.15, 0.2) is 0 Å². The van der Waals surface area contributed by atoms with Crippen LogP contribution in [0.1, 0.15) is 75.1 Å². The molecule has 3 amide bonds. The number of carbonyl (C=O) groups excluding carboxylic acids is 3. The molecule has 1 atom stereocenters. The van der Waals surface area contributed by atoms with Crippen molar-refractivity contribution in [3.05, 3.63) is 29.8 Å². The van der Waals surface area contributed by atoms with E-state index in [1.165, 1.54) is 32.1 Å². The summed E-state index contributed by atoms with van der Waals surface area (Å²) in [5.41, 5.74) is 0.664. The Hall–Kier alpha value is -2.37. The van der Waals surface area contributed by atoms with Crippen LogP contribution in [-0.2, 0) is 9.59 Å². The van der Waals surface area contributed by atoms with Gasteiger partial charge in [-0.05, 0) is 87.7 Å². The van der Waals surface area contributed by atoms with Crippen molar-refractivity contribution in [1.29, 1.82) is 0 Å². The standard InChI is InChI=1S/C26H33N3O3/c1-26-9-8-23(31)29(26)21-6-3-2-5-20(21)25(32)28(26)10-4-7-22(30)27-24-18-12-16-11-17(14-18)15-19(24)13-16/h2-3,5-6,16-19,24H,4,7-15H2,1H3,(H,27,30). The Balaban J connectivity index is 1.11. The van der Waals surface area contributed by atoms with Crippen LogP contribution in [0.4, 0.5) is 5.69 Å². The van der Waals surface area contributed by atoms with Crippen LogP contribution >= 0.6 is 0 Å². The summed E-state index contributed by atoms with van der Waals surface area (Å²) in [7, 11) is 0. The smallest absolute Gasteiger partial charge is 0.257 e. The van der Waals surface area contributed by atoms with Crippen molar-refractivity contribution < 1.29 is 14.4 Å². The average Bonchev–Trinajstić information content (AvgIpc) is 3.08. The summed E-state index contributed by atoms with van der Waals surface area (Å²) in [5, 5.41) is 3.38. The van der Waals surface area contributed by atoms with Crippen LogP contribution in [0.3, 0.4) is 0 Å². The molecule has 1 aromatic carbocycles. The molecule has 6 nitrogen and oxygen atoms in total. The van der Waals surface area contributed by atoms with Crippen LogP contribution < -0.4 is 10.2 Å². The quantitative estimate of drug-likeness (QED) is 0.767. The summed E-state index contributed by atoms with van der Waals surface area (Å²) in [6.45, 7) is 2.48. The fourth-order valence-electron chi connectivity index (χ4n) is 7.86. The van der Waals surface area contributed by atoms with Gasteiger partial charge >= 0.3 is 0 Å². The van der Waals surface area contributed by atoms with Crippen LogP contribution in [0, 0.1) is 23.7 Å². The van der Waals surface area contributed by atoms with Gasteiger partial charge in [-0.3, -0.25) is 19.3 Å². The predicted molar refractivity (Wildman–Crippen MR) is 121 cm³/mol. The number of benzene rings is 1. The van der Waals surface area contributed by atoms with Gasteiger partial charge < -0.3 is 10.2 Å². The second-order valence-corrected chi connectivity index (χ2v) is 11.0. The van der Waals surface area contributed by atoms with Gasteiger partial charge in [0.1, 0.15) is 5.66 Å². The summed E-state index contributed by atoms with van der Waals surface area (Å²) in [6.07, 6.45) is 8.71. The maximum atomic E-state index is 13.3. The first-order valence-corrected chi connectivity index (χ1v) is 12.5. The van der Waals surface area contributed by atoms with Crippen LogP contribution in [0.25, 0.3) is 0 Å². The van der Waals surface area contributed by atoms with Crippen molar-refractivity contribution in [2.45, 2.75) is 76.4 Å². The van der Waals surface area contributed by atoms with Crippen molar-refractivity contribution >= 4 is 23.4 Å². The third-order valence-corrected chi connectivity index (χ3v) is 9.09. The van der Waals surface area contributed by atoms with E-state index in [1.807, 2.05) is 30.0 Å². The minimum absolute atomic E-state index is 0.0319. The molecule has 6 heteroatoms. The van der Waals surface area contributed by atoms with E-state index in [0.29, 0.717) is 55.7 Å². The lowest BCUT2D eigenvalue weighted by atomic mass is 9.54. The normalized spacial score (nSPS) is 37.0. The van der Waals surface area contributed by atoms with Crippen molar-refractivity contribution in [1.82, 2.24) is 10.2 Å². The van der Waals surface area contributed by atoms with Crippen LogP contribution in [0.2, 0.25) is 0 Å². The van der Waals surface area contributed by atoms with Gasteiger partial charge in [-0.15, -0.1) is 0 Å². The molecule has 4 bridgehead atoms. The Labute approximate surface area is 189 Å². The Kier molecular flexibility index (Phi) is 4.63. The van der Waals surface area contributed by atoms with Gasteiger partial charge in [0.25, 0.3) is 5.91 Å². The molecule has 1 saturated heterocycles. The van der Waals surface area contributed by atoms with Crippen LogP contribution in [0.15, 0.2) is 24.3 Å². The first-order valence-electron chi connectivity index (χ1n) is 12.5. The molecule has 5 fully saturated rings. The van der Waals surface area contributed by atoms with Gasteiger partial charge in [0.05, 0.1) is 11.3 Å². The van der Waals surface area contributed by atoms with Gasteiger partial charge in [-0.25, -0.2) is 0 Å². The number of rotatable bonds is 5. The molecule has 1 aromatic rings. The van der Waals surface area contributed by atoms with Crippen LogP contribution in [0.5, 0.6) is 0 Å². The molecule has 1 N–H and O–H groups in total. The number of amides is 3. The number of para-hydroxylation sites is 1. The molecule has 0 spiro atoms. The van der Waals surface area contributed by atoms with Crippen molar-refractivity contribution in [2.75, 3.05) is 11.4 Å². The number of nitrogens with one attached hydrogen (secondary N) is 1. The zero-order chi connectivity index (χ0) is 22.0. The molecule has 6 aliphatic rings. The van der Waals surface area contributed by atoms with Crippen molar-refractivity contribution in [3.8, 4) is 0 Å². The maximum absolute atomic E-state index is 13.3. The largest absolute Gasteiger partial charge is 0.353 e.